The third-order valence-electron chi connectivity index (χ3n) is 2.47. The topological polar surface area (TPSA) is 42.4 Å². The second-order valence-corrected chi connectivity index (χ2v) is 3.82. The second kappa shape index (κ2) is 5.46. The van der Waals surface area contributed by atoms with Crippen LogP contribution in [-0.2, 0) is 6.61 Å². The first-order valence-corrected chi connectivity index (χ1v) is 5.57. The number of rotatable bonds is 4. The van der Waals surface area contributed by atoms with Crippen LogP contribution in [0.4, 0.5) is 0 Å². The Morgan fingerprint density at radius 3 is 2.65 bits per heavy atom. The molecule has 2 aromatic rings. The molecule has 88 valence electrons. The maximum absolute atomic E-state index is 9.61. The third kappa shape index (κ3) is 3.04. The van der Waals surface area contributed by atoms with E-state index in [2.05, 4.69) is 4.98 Å². The maximum atomic E-state index is 9.61. The quantitative estimate of drug-likeness (QED) is 0.876. The normalized spacial score (nSPS) is 12.1. The maximum Gasteiger partial charge on any atom is 0.130 e. The zero-order valence-electron chi connectivity index (χ0n) is 9.71. The van der Waals surface area contributed by atoms with Crippen molar-refractivity contribution in [2.24, 2.45) is 0 Å². The number of hydrogen-bond acceptors (Lipinski definition) is 3. The van der Waals surface area contributed by atoms with Gasteiger partial charge in [-0.25, -0.2) is 0 Å². The van der Waals surface area contributed by atoms with Gasteiger partial charge in [-0.1, -0.05) is 24.3 Å². The van der Waals surface area contributed by atoms with Gasteiger partial charge >= 0.3 is 0 Å². The van der Waals surface area contributed by atoms with E-state index in [0.29, 0.717) is 12.4 Å². The Balaban J connectivity index is 2.09. The van der Waals surface area contributed by atoms with Crippen LogP contribution >= 0.6 is 0 Å². The average Bonchev–Trinajstić information content (AvgIpc) is 2.38. The molecule has 0 amide bonds. The van der Waals surface area contributed by atoms with Crippen molar-refractivity contribution >= 4 is 0 Å². The molecule has 0 unspecified atom stereocenters. The Kier molecular flexibility index (Phi) is 3.73. The molecule has 1 N–H and O–H groups in total. The number of benzene rings is 1. The SMILES string of the molecule is C[C@H](O)c1ccccc1OCc1ccccn1. The number of pyridine rings is 1. The summed E-state index contributed by atoms with van der Waals surface area (Å²) in [5.41, 5.74) is 1.66. The minimum Gasteiger partial charge on any atom is -0.487 e. The van der Waals surface area contributed by atoms with Crippen LogP contribution in [0.15, 0.2) is 48.7 Å². The molecule has 0 radical (unpaired) electrons. The van der Waals surface area contributed by atoms with Gasteiger partial charge in [0.05, 0.1) is 11.8 Å². The van der Waals surface area contributed by atoms with Gasteiger partial charge in [-0.15, -0.1) is 0 Å². The summed E-state index contributed by atoms with van der Waals surface area (Å²) >= 11 is 0. The second-order valence-electron chi connectivity index (χ2n) is 3.82. The van der Waals surface area contributed by atoms with E-state index in [1.807, 2.05) is 42.5 Å². The van der Waals surface area contributed by atoms with Crippen molar-refractivity contribution in [3.8, 4) is 5.75 Å². The van der Waals surface area contributed by atoms with Crippen LogP contribution < -0.4 is 4.74 Å². The molecule has 1 aromatic heterocycles. The van der Waals surface area contributed by atoms with E-state index >= 15 is 0 Å². The number of aromatic nitrogens is 1. The Bertz CT molecular complexity index is 469. The largest absolute Gasteiger partial charge is 0.487 e. The smallest absolute Gasteiger partial charge is 0.130 e. The van der Waals surface area contributed by atoms with Crippen molar-refractivity contribution < 1.29 is 9.84 Å². The highest BCUT2D eigenvalue weighted by molar-refractivity contribution is 5.34. The highest BCUT2D eigenvalue weighted by Crippen LogP contribution is 2.25. The van der Waals surface area contributed by atoms with E-state index in [1.165, 1.54) is 0 Å². The van der Waals surface area contributed by atoms with Gasteiger partial charge in [0.25, 0.3) is 0 Å². The molecule has 1 atom stereocenters. The van der Waals surface area contributed by atoms with Gasteiger partial charge in [0.2, 0.25) is 0 Å². The van der Waals surface area contributed by atoms with Crippen molar-refractivity contribution in [3.63, 3.8) is 0 Å². The lowest BCUT2D eigenvalue weighted by Gasteiger charge is -2.12. The summed E-state index contributed by atoms with van der Waals surface area (Å²) in [6.45, 7) is 2.13. The summed E-state index contributed by atoms with van der Waals surface area (Å²) in [5, 5.41) is 9.61. The molecule has 0 aliphatic rings. The Hall–Kier alpha value is -1.87. The van der Waals surface area contributed by atoms with Crippen molar-refractivity contribution in [3.05, 3.63) is 59.9 Å². The van der Waals surface area contributed by atoms with Gasteiger partial charge in [-0.3, -0.25) is 4.98 Å². The van der Waals surface area contributed by atoms with Crippen molar-refractivity contribution in [1.82, 2.24) is 4.98 Å². The molecule has 1 heterocycles. The standard InChI is InChI=1S/C14H15NO2/c1-11(16)13-7-2-3-8-14(13)17-10-12-6-4-5-9-15-12/h2-9,11,16H,10H2,1H3/t11-/m0/s1. The Labute approximate surface area is 101 Å². The summed E-state index contributed by atoms with van der Waals surface area (Å²) in [7, 11) is 0. The lowest BCUT2D eigenvalue weighted by molar-refractivity contribution is 0.190. The zero-order valence-corrected chi connectivity index (χ0v) is 9.71. The summed E-state index contributed by atoms with van der Waals surface area (Å²) in [6.07, 6.45) is 1.20. The number of ether oxygens (including phenoxy) is 1. The van der Waals surface area contributed by atoms with E-state index < -0.39 is 6.10 Å². The van der Waals surface area contributed by atoms with Crippen LogP contribution in [0.2, 0.25) is 0 Å². The molecule has 0 spiro atoms. The fourth-order valence-electron chi connectivity index (χ4n) is 1.59. The Morgan fingerprint density at radius 1 is 1.18 bits per heavy atom. The monoisotopic (exact) mass is 229 g/mol. The minimum atomic E-state index is -0.532. The van der Waals surface area contributed by atoms with Crippen LogP contribution in [0.5, 0.6) is 5.75 Å². The minimum absolute atomic E-state index is 0.407. The van der Waals surface area contributed by atoms with Crippen molar-refractivity contribution in [1.29, 1.82) is 0 Å². The van der Waals surface area contributed by atoms with Gasteiger partial charge in [0, 0.05) is 11.8 Å². The van der Waals surface area contributed by atoms with E-state index in [4.69, 9.17) is 4.74 Å². The molecular formula is C14H15NO2. The molecule has 0 saturated carbocycles. The predicted octanol–water partition coefficient (Wildman–Crippen LogP) is 2.71. The lowest BCUT2D eigenvalue weighted by atomic mass is 10.1. The van der Waals surface area contributed by atoms with Crippen molar-refractivity contribution in [2.45, 2.75) is 19.6 Å². The highest BCUT2D eigenvalue weighted by Gasteiger charge is 2.08. The van der Waals surface area contributed by atoms with Gasteiger partial charge in [0.1, 0.15) is 12.4 Å². The summed E-state index contributed by atoms with van der Waals surface area (Å²) in [5.74, 6) is 0.702. The van der Waals surface area contributed by atoms with E-state index in [1.54, 1.807) is 13.1 Å². The molecule has 0 bridgehead atoms. The lowest BCUT2D eigenvalue weighted by Crippen LogP contribution is -2.01. The highest BCUT2D eigenvalue weighted by atomic mass is 16.5. The number of nitrogens with zero attached hydrogens (tertiary/aromatic N) is 1. The van der Waals surface area contributed by atoms with Crippen LogP contribution in [-0.4, -0.2) is 10.1 Å². The van der Waals surface area contributed by atoms with Crippen LogP contribution in [0.3, 0.4) is 0 Å². The zero-order chi connectivity index (χ0) is 12.1. The van der Waals surface area contributed by atoms with Crippen molar-refractivity contribution in [2.75, 3.05) is 0 Å². The number of hydrogen-bond donors (Lipinski definition) is 1. The molecule has 2 rings (SSSR count). The van der Waals surface area contributed by atoms with Crippen LogP contribution in [0.25, 0.3) is 0 Å². The summed E-state index contributed by atoms with van der Waals surface area (Å²) < 4.78 is 5.66. The molecule has 3 heteroatoms. The fourth-order valence-corrected chi connectivity index (χ4v) is 1.59. The van der Waals surface area contributed by atoms with Gasteiger partial charge < -0.3 is 9.84 Å². The molecule has 0 saturated heterocycles. The van der Waals surface area contributed by atoms with Gasteiger partial charge in [-0.05, 0) is 25.1 Å². The average molecular weight is 229 g/mol. The number of para-hydroxylation sites is 1. The first kappa shape index (κ1) is 11.6. The van der Waals surface area contributed by atoms with Crippen LogP contribution in [0.1, 0.15) is 24.3 Å². The molecule has 0 fully saturated rings. The summed E-state index contributed by atoms with van der Waals surface area (Å²) in [6, 6.07) is 13.2. The molecule has 17 heavy (non-hydrogen) atoms. The number of aliphatic hydroxyl groups excluding tert-OH is 1. The molecule has 0 aliphatic heterocycles. The third-order valence-corrected chi connectivity index (χ3v) is 2.47. The van der Waals surface area contributed by atoms with E-state index in [9.17, 15) is 5.11 Å². The molecule has 0 aliphatic carbocycles. The molecule has 3 nitrogen and oxygen atoms in total. The van der Waals surface area contributed by atoms with E-state index in [-0.39, 0.29) is 0 Å². The van der Waals surface area contributed by atoms with Gasteiger partial charge in [0.15, 0.2) is 0 Å². The van der Waals surface area contributed by atoms with Gasteiger partial charge in [-0.2, -0.15) is 0 Å². The summed E-state index contributed by atoms with van der Waals surface area (Å²) in [4.78, 5) is 4.18. The van der Waals surface area contributed by atoms with Crippen LogP contribution in [0, 0.1) is 0 Å². The predicted molar refractivity (Wildman–Crippen MR) is 65.6 cm³/mol. The fraction of sp³-hybridized carbons (Fsp3) is 0.214. The number of aliphatic hydroxyl groups is 1. The first-order chi connectivity index (χ1) is 8.27. The molecule has 1 aromatic carbocycles. The first-order valence-electron chi connectivity index (χ1n) is 5.57. The molecular weight excluding hydrogens is 214 g/mol. The van der Waals surface area contributed by atoms with E-state index in [0.717, 1.165) is 11.3 Å². The Morgan fingerprint density at radius 2 is 1.94 bits per heavy atom.